The fourth-order valence-electron chi connectivity index (χ4n) is 8.17. The summed E-state index contributed by atoms with van der Waals surface area (Å²) in [6.07, 6.45) is 21.0. The van der Waals surface area contributed by atoms with Gasteiger partial charge in [0.2, 0.25) is 0 Å². The van der Waals surface area contributed by atoms with Crippen molar-refractivity contribution in [3.05, 3.63) is 24.3 Å². The number of hydrogen-bond acceptors (Lipinski definition) is 19. The monoisotopic (exact) mass is 1090 g/mol. The van der Waals surface area contributed by atoms with Crippen molar-refractivity contribution in [1.82, 2.24) is 11.5 Å². The van der Waals surface area contributed by atoms with E-state index in [4.69, 9.17) is 28.0 Å². The van der Waals surface area contributed by atoms with Crippen LogP contribution in [-0.2, 0) is 42.1 Å². The zero-order valence-corrected chi connectivity index (χ0v) is 46.3. The molecule has 11 atom stereocenters. The van der Waals surface area contributed by atoms with Crippen LogP contribution in [0.3, 0.4) is 0 Å². The third-order valence-corrected chi connectivity index (χ3v) is 13.7. The van der Waals surface area contributed by atoms with Crippen LogP contribution in [0.15, 0.2) is 24.3 Å². The lowest BCUT2D eigenvalue weighted by Gasteiger charge is -2.42. The minimum absolute atomic E-state index is 0. The molecule has 0 spiro atoms. The van der Waals surface area contributed by atoms with Crippen LogP contribution in [0.4, 0.5) is 0 Å². The zero-order chi connectivity index (χ0) is 54.0. The molecule has 1 aliphatic heterocycles. The van der Waals surface area contributed by atoms with Gasteiger partial charge in [-0.2, -0.15) is 0 Å². The van der Waals surface area contributed by atoms with Crippen molar-refractivity contribution in [2.45, 2.75) is 255 Å². The Balaban J connectivity index is 0.0000533. The molecule has 0 saturated carbocycles. The SMILES string of the molecule is CCCCCCCC/C=C\CCCCCCCC(=O)OC[C@H](COP(=O)([O-])OCCNCC(O)C(O)[C@H](O[C@@H]1O[C@H](CO)[C@H](O)C(O)C1O)[C@H](O)CO)OC(=O)CCCCCCC/C=C\CCCCCCCC.[NH4+]. The van der Waals surface area contributed by atoms with E-state index in [0.29, 0.717) is 12.8 Å². The number of unbranched alkanes of at least 4 members (excludes halogenated alkanes) is 22. The normalized spacial score (nSPS) is 21.0. The highest BCUT2D eigenvalue weighted by Gasteiger charge is 2.46. The van der Waals surface area contributed by atoms with Gasteiger partial charge in [-0.25, -0.2) is 0 Å². The third kappa shape index (κ3) is 36.2. The van der Waals surface area contributed by atoms with Crippen molar-refractivity contribution in [2.24, 2.45) is 0 Å². The summed E-state index contributed by atoms with van der Waals surface area (Å²) in [7, 11) is -5.01. The van der Waals surface area contributed by atoms with Gasteiger partial charge in [0.15, 0.2) is 12.4 Å². The van der Waals surface area contributed by atoms with E-state index < -0.39 is 121 Å². The summed E-state index contributed by atoms with van der Waals surface area (Å²) in [6, 6.07) is 0. The Labute approximate surface area is 443 Å². The lowest BCUT2D eigenvalue weighted by Crippen LogP contribution is -2.61. The summed E-state index contributed by atoms with van der Waals surface area (Å²) >= 11 is 0. The molecule has 1 fully saturated rings. The number of ether oxygens (including phenoxy) is 4. The van der Waals surface area contributed by atoms with Crippen LogP contribution in [0.25, 0.3) is 0 Å². The van der Waals surface area contributed by atoms with Gasteiger partial charge in [-0.1, -0.05) is 141 Å². The van der Waals surface area contributed by atoms with E-state index in [1.54, 1.807) is 0 Å². The van der Waals surface area contributed by atoms with Crippen LogP contribution in [0.1, 0.15) is 194 Å². The average Bonchev–Trinajstić information content (AvgIpc) is 3.37. The average molecular weight is 1090 g/mol. The van der Waals surface area contributed by atoms with Crippen molar-refractivity contribution in [1.29, 1.82) is 0 Å². The number of rotatable bonds is 49. The molecule has 0 aromatic carbocycles. The lowest BCUT2D eigenvalue weighted by atomic mass is 9.98. The molecule has 21 heteroatoms. The molecule has 13 N–H and O–H groups in total. The van der Waals surface area contributed by atoms with E-state index in [-0.39, 0.29) is 25.5 Å². The van der Waals surface area contributed by atoms with Gasteiger partial charge >= 0.3 is 11.9 Å². The van der Waals surface area contributed by atoms with Crippen LogP contribution < -0.4 is 16.4 Å². The first-order valence-corrected chi connectivity index (χ1v) is 29.2. The topological polar surface area (TPSA) is 340 Å². The Morgan fingerprint density at radius 1 is 0.635 bits per heavy atom. The summed E-state index contributed by atoms with van der Waals surface area (Å²) in [5, 5.41) is 83.7. The predicted octanol–water partition coefficient (Wildman–Crippen LogP) is 6.24. The lowest BCUT2D eigenvalue weighted by molar-refractivity contribution is -0.327. The first-order chi connectivity index (χ1) is 35.2. The number of carbonyl (C=O) groups excluding carboxylic acids is 2. The van der Waals surface area contributed by atoms with E-state index in [1.807, 2.05) is 0 Å². The Bertz CT molecular complexity index is 1450. The summed E-state index contributed by atoms with van der Waals surface area (Å²) in [4.78, 5) is 38.2. The smallest absolute Gasteiger partial charge is 0.306 e. The fraction of sp³-hybridized carbons (Fsp3) is 0.887. The summed E-state index contributed by atoms with van der Waals surface area (Å²) in [5.41, 5.74) is 0. The van der Waals surface area contributed by atoms with Gasteiger partial charge in [-0.3, -0.25) is 14.2 Å². The van der Waals surface area contributed by atoms with Crippen LogP contribution in [0.2, 0.25) is 0 Å². The molecule has 74 heavy (non-hydrogen) atoms. The minimum Gasteiger partial charge on any atom is -0.756 e. The number of allylic oxidation sites excluding steroid dienone is 4. The highest BCUT2D eigenvalue weighted by molar-refractivity contribution is 7.45. The van der Waals surface area contributed by atoms with Crippen LogP contribution in [0.5, 0.6) is 0 Å². The highest BCUT2D eigenvalue weighted by atomic mass is 31.2. The Kier molecular flexibility index (Phi) is 45.8. The molecule has 0 bridgehead atoms. The van der Waals surface area contributed by atoms with E-state index in [0.717, 1.165) is 77.0 Å². The maximum atomic E-state index is 12.9. The van der Waals surface area contributed by atoms with Gasteiger partial charge in [0.1, 0.15) is 49.3 Å². The van der Waals surface area contributed by atoms with Crippen LogP contribution >= 0.6 is 7.82 Å². The van der Waals surface area contributed by atoms with E-state index in [2.05, 4.69) is 43.5 Å². The number of aliphatic hydroxyl groups is 8. The molecule has 0 aromatic rings. The van der Waals surface area contributed by atoms with E-state index in [1.165, 1.54) is 77.0 Å². The van der Waals surface area contributed by atoms with Crippen molar-refractivity contribution in [3.63, 3.8) is 0 Å². The molecule has 1 saturated heterocycles. The second-order valence-electron chi connectivity index (χ2n) is 19.3. The van der Waals surface area contributed by atoms with Crippen LogP contribution in [-0.4, -0.2) is 160 Å². The second kappa shape index (κ2) is 47.1. The molecule has 438 valence electrons. The number of phosphoric ester groups is 1. The molecule has 1 heterocycles. The number of aliphatic hydroxyl groups excluding tert-OH is 8. The molecular weight excluding hydrogens is 984 g/mol. The van der Waals surface area contributed by atoms with Gasteiger partial charge < -0.3 is 85.2 Å². The van der Waals surface area contributed by atoms with E-state index >= 15 is 0 Å². The molecule has 5 unspecified atom stereocenters. The fourth-order valence-corrected chi connectivity index (χ4v) is 8.91. The number of phosphoric acid groups is 1. The van der Waals surface area contributed by atoms with Crippen molar-refractivity contribution in [2.75, 3.05) is 46.1 Å². The minimum atomic E-state index is -5.01. The summed E-state index contributed by atoms with van der Waals surface area (Å²) < 4.78 is 44.2. The number of hydrogen-bond donors (Lipinski definition) is 10. The predicted molar refractivity (Wildman–Crippen MR) is 282 cm³/mol. The maximum Gasteiger partial charge on any atom is 0.306 e. The number of quaternary nitrogens is 1. The number of nitrogens with one attached hydrogen (secondary N) is 1. The standard InChI is InChI=1S/C53H100NO18P.H3N/c1-3-5-7-9-11-13-15-17-19-21-23-25-27-29-31-33-46(59)67-40-42(70-47(60)34-32-30-28-26-24-22-20-18-16-14-12-10-8-6-4-2)41-69-73(65,66)68-36-35-54-37-43(57)48(61)52(44(58)38-55)72-53-51(64)50(63)49(62)45(39-56)71-53;/h17-20,42-45,48-58,61-64H,3-16,21-41H2,1-2H3,(H,65,66);1H3/b19-17-,20-18-;/t42-,43?,44-,45-,48?,49+,50?,51?,52-,53+;/m1./s1. The number of esters is 2. The van der Waals surface area contributed by atoms with Crippen molar-refractivity contribution >= 4 is 19.8 Å². The first kappa shape index (κ1) is 72.0. The summed E-state index contributed by atoms with van der Waals surface area (Å²) in [5.74, 6) is -1.09. The third-order valence-electron chi connectivity index (χ3n) is 12.8. The molecule has 0 radical (unpaired) electrons. The van der Waals surface area contributed by atoms with Gasteiger partial charge in [0.05, 0.1) is 32.5 Å². The molecule has 0 amide bonds. The van der Waals surface area contributed by atoms with Crippen molar-refractivity contribution in [3.8, 4) is 0 Å². The first-order valence-electron chi connectivity index (χ1n) is 27.8. The maximum absolute atomic E-state index is 12.9. The quantitative estimate of drug-likeness (QED) is 0.0139. The molecule has 1 aliphatic rings. The zero-order valence-electron chi connectivity index (χ0n) is 45.4. The van der Waals surface area contributed by atoms with Gasteiger partial charge in [-0.05, 0) is 64.2 Å². The van der Waals surface area contributed by atoms with E-state index in [9.17, 15) is 59.9 Å². The van der Waals surface area contributed by atoms with Gasteiger partial charge in [0.25, 0.3) is 7.82 Å². The highest BCUT2D eigenvalue weighted by Crippen LogP contribution is 2.38. The van der Waals surface area contributed by atoms with Gasteiger partial charge in [-0.15, -0.1) is 0 Å². The Morgan fingerprint density at radius 2 is 1.11 bits per heavy atom. The Morgan fingerprint density at radius 3 is 1.59 bits per heavy atom. The van der Waals surface area contributed by atoms with Crippen molar-refractivity contribution < 1.29 is 87.9 Å². The Hall–Kier alpha value is -1.95. The largest absolute Gasteiger partial charge is 0.756 e. The summed E-state index contributed by atoms with van der Waals surface area (Å²) in [6.45, 7) is 0.431. The molecule has 20 nitrogen and oxygen atoms in total. The molecule has 1 rings (SSSR count). The van der Waals surface area contributed by atoms with Gasteiger partial charge in [0, 0.05) is 25.9 Å². The molecular formula is C53H103N2O18P. The van der Waals surface area contributed by atoms with Crippen LogP contribution in [0, 0.1) is 0 Å². The molecule has 0 aromatic heterocycles. The second-order valence-corrected chi connectivity index (χ2v) is 20.8. The number of carbonyl (C=O) groups is 2. The molecule has 0 aliphatic carbocycles.